The summed E-state index contributed by atoms with van der Waals surface area (Å²) in [6.45, 7) is 1.77. The van der Waals surface area contributed by atoms with Gasteiger partial charge in [-0.2, -0.15) is 0 Å². The van der Waals surface area contributed by atoms with Gasteiger partial charge in [0.2, 0.25) is 5.91 Å². The number of nitrogen functional groups attached to an aromatic ring is 1. The molecule has 0 heterocycles. The van der Waals surface area contributed by atoms with Gasteiger partial charge in [0, 0.05) is 17.3 Å². The molecule has 0 atom stereocenters. The first kappa shape index (κ1) is 16.3. The molecule has 0 radical (unpaired) electrons. The van der Waals surface area contributed by atoms with Crippen molar-refractivity contribution in [2.45, 2.75) is 6.92 Å². The number of amides is 1. The summed E-state index contributed by atoms with van der Waals surface area (Å²) in [4.78, 5) is 10.4. The number of phenolic OH excluding ortho intramolecular Hbond substituents is 1. The summed E-state index contributed by atoms with van der Waals surface area (Å²) in [7, 11) is 1.49. The third kappa shape index (κ3) is 4.68. The molecular formula is C15H17FN2O3. The molecule has 0 saturated heterocycles. The van der Waals surface area contributed by atoms with Crippen molar-refractivity contribution in [2.24, 2.45) is 5.73 Å². The van der Waals surface area contributed by atoms with E-state index in [1.807, 2.05) is 0 Å². The molecule has 2 aromatic carbocycles. The molecule has 0 unspecified atom stereocenters. The predicted molar refractivity (Wildman–Crippen MR) is 78.7 cm³/mol. The number of methoxy groups -OCH3 is 1. The summed E-state index contributed by atoms with van der Waals surface area (Å²) in [5.41, 5.74) is 12.1. The fourth-order valence-corrected chi connectivity index (χ4v) is 1.54. The highest BCUT2D eigenvalue weighted by Gasteiger charge is 2.04. The second kappa shape index (κ2) is 7.14. The predicted octanol–water partition coefficient (Wildman–Crippen LogP) is 2.22. The zero-order valence-corrected chi connectivity index (χ0v) is 11.8. The lowest BCUT2D eigenvalue weighted by atomic mass is 10.2. The second-order valence-electron chi connectivity index (χ2n) is 4.26. The molecule has 0 aliphatic rings. The number of ether oxygens (including phenoxy) is 1. The van der Waals surface area contributed by atoms with Crippen molar-refractivity contribution >= 4 is 11.6 Å². The average molecular weight is 292 g/mol. The van der Waals surface area contributed by atoms with Gasteiger partial charge in [-0.15, -0.1) is 0 Å². The molecule has 0 aromatic heterocycles. The normalized spacial score (nSPS) is 9.48. The van der Waals surface area contributed by atoms with Crippen LogP contribution in [0.5, 0.6) is 11.5 Å². The van der Waals surface area contributed by atoms with Crippen molar-refractivity contribution in [1.29, 1.82) is 0 Å². The first-order chi connectivity index (χ1) is 9.85. The SMILES string of the molecule is COc1cc(N)cc(C)c1O.NC(=O)c1ccc(F)cc1. The number of hydrogen-bond donors (Lipinski definition) is 3. The Morgan fingerprint density at radius 2 is 1.81 bits per heavy atom. The van der Waals surface area contributed by atoms with E-state index in [4.69, 9.17) is 16.2 Å². The van der Waals surface area contributed by atoms with E-state index in [1.165, 1.54) is 31.4 Å². The Balaban J connectivity index is 0.000000211. The van der Waals surface area contributed by atoms with Crippen LogP contribution < -0.4 is 16.2 Å². The Labute approximate surface area is 122 Å². The van der Waals surface area contributed by atoms with Crippen LogP contribution in [0.1, 0.15) is 15.9 Å². The molecule has 5 N–H and O–H groups in total. The summed E-state index contributed by atoms with van der Waals surface area (Å²) >= 11 is 0. The van der Waals surface area contributed by atoms with E-state index in [1.54, 1.807) is 19.1 Å². The summed E-state index contributed by atoms with van der Waals surface area (Å²) in [5.74, 6) is -0.339. The zero-order chi connectivity index (χ0) is 16.0. The van der Waals surface area contributed by atoms with Gasteiger partial charge in [0.15, 0.2) is 11.5 Å². The molecule has 2 aromatic rings. The molecule has 6 heteroatoms. The zero-order valence-electron chi connectivity index (χ0n) is 11.8. The van der Waals surface area contributed by atoms with Gasteiger partial charge >= 0.3 is 0 Å². The molecule has 0 bridgehead atoms. The van der Waals surface area contributed by atoms with Crippen LogP contribution in [0, 0.1) is 12.7 Å². The van der Waals surface area contributed by atoms with Gasteiger partial charge in [0.1, 0.15) is 5.82 Å². The number of carbonyl (C=O) groups excluding carboxylic acids is 1. The van der Waals surface area contributed by atoms with E-state index in [-0.39, 0.29) is 11.6 Å². The minimum atomic E-state index is -0.542. The quantitative estimate of drug-likeness (QED) is 0.583. The van der Waals surface area contributed by atoms with Gasteiger partial charge in [-0.25, -0.2) is 4.39 Å². The van der Waals surface area contributed by atoms with Gasteiger partial charge in [0.05, 0.1) is 7.11 Å². The van der Waals surface area contributed by atoms with Crippen LogP contribution in [0.2, 0.25) is 0 Å². The number of hydrogen-bond acceptors (Lipinski definition) is 4. The Morgan fingerprint density at radius 3 is 2.29 bits per heavy atom. The molecule has 0 spiro atoms. The molecule has 0 saturated carbocycles. The van der Waals surface area contributed by atoms with Crippen LogP contribution in [0.15, 0.2) is 36.4 Å². The molecule has 0 aliphatic heterocycles. The van der Waals surface area contributed by atoms with Crippen molar-refractivity contribution in [1.82, 2.24) is 0 Å². The van der Waals surface area contributed by atoms with E-state index in [9.17, 15) is 14.3 Å². The number of primary amides is 1. The van der Waals surface area contributed by atoms with Crippen LogP contribution in [-0.2, 0) is 0 Å². The molecule has 2 rings (SSSR count). The third-order valence-corrected chi connectivity index (χ3v) is 2.64. The van der Waals surface area contributed by atoms with E-state index in [2.05, 4.69) is 0 Å². The number of rotatable bonds is 2. The van der Waals surface area contributed by atoms with E-state index in [0.29, 0.717) is 17.0 Å². The molecular weight excluding hydrogens is 275 g/mol. The van der Waals surface area contributed by atoms with Gasteiger partial charge in [-0.1, -0.05) is 0 Å². The highest BCUT2D eigenvalue weighted by molar-refractivity contribution is 5.92. The van der Waals surface area contributed by atoms with Crippen molar-refractivity contribution in [3.05, 3.63) is 53.3 Å². The number of aromatic hydroxyl groups is 1. The molecule has 5 nitrogen and oxygen atoms in total. The van der Waals surface area contributed by atoms with E-state index < -0.39 is 5.91 Å². The Kier molecular flexibility index (Phi) is 5.54. The fraction of sp³-hybridized carbons (Fsp3) is 0.133. The molecule has 1 amide bonds. The topological polar surface area (TPSA) is 98.6 Å². The highest BCUT2D eigenvalue weighted by Crippen LogP contribution is 2.31. The third-order valence-electron chi connectivity index (χ3n) is 2.64. The Bertz CT molecular complexity index is 628. The number of anilines is 1. The molecule has 0 aliphatic carbocycles. The number of phenols is 1. The standard InChI is InChI=1S/C8H11NO2.C7H6FNO/c1-5-3-6(9)4-7(11-2)8(5)10;8-6-3-1-5(2-4-6)7(9)10/h3-4,10H,9H2,1-2H3;1-4H,(H2,9,10). The van der Waals surface area contributed by atoms with Crippen molar-refractivity contribution in [2.75, 3.05) is 12.8 Å². The monoisotopic (exact) mass is 292 g/mol. The van der Waals surface area contributed by atoms with Crippen LogP contribution in [0.4, 0.5) is 10.1 Å². The smallest absolute Gasteiger partial charge is 0.248 e. The summed E-state index contributed by atoms with van der Waals surface area (Å²) < 4.78 is 17.1. The number of aryl methyl sites for hydroxylation is 1. The second-order valence-corrected chi connectivity index (χ2v) is 4.26. The van der Waals surface area contributed by atoms with Crippen LogP contribution in [0.3, 0.4) is 0 Å². The van der Waals surface area contributed by atoms with Gasteiger partial charge in [-0.3, -0.25) is 4.79 Å². The summed E-state index contributed by atoms with van der Waals surface area (Å²) in [6, 6.07) is 8.36. The lowest BCUT2D eigenvalue weighted by molar-refractivity contribution is 0.1000. The van der Waals surface area contributed by atoms with Crippen molar-refractivity contribution in [3.63, 3.8) is 0 Å². The molecule has 112 valence electrons. The largest absolute Gasteiger partial charge is 0.504 e. The molecule has 21 heavy (non-hydrogen) atoms. The first-order valence-electron chi connectivity index (χ1n) is 6.03. The van der Waals surface area contributed by atoms with Crippen molar-refractivity contribution in [3.8, 4) is 11.5 Å². The maximum Gasteiger partial charge on any atom is 0.248 e. The Morgan fingerprint density at radius 1 is 1.24 bits per heavy atom. The van der Waals surface area contributed by atoms with Crippen LogP contribution >= 0.6 is 0 Å². The lowest BCUT2D eigenvalue weighted by Gasteiger charge is -2.06. The number of carbonyl (C=O) groups is 1. The minimum Gasteiger partial charge on any atom is -0.504 e. The number of benzene rings is 2. The highest BCUT2D eigenvalue weighted by atomic mass is 19.1. The summed E-state index contributed by atoms with van der Waals surface area (Å²) in [6.07, 6.45) is 0. The van der Waals surface area contributed by atoms with Crippen molar-refractivity contribution < 1.29 is 19.0 Å². The maximum atomic E-state index is 12.2. The first-order valence-corrected chi connectivity index (χ1v) is 6.03. The molecule has 0 fully saturated rings. The van der Waals surface area contributed by atoms with Crippen LogP contribution in [-0.4, -0.2) is 18.1 Å². The number of nitrogens with two attached hydrogens (primary N) is 2. The fourth-order valence-electron chi connectivity index (χ4n) is 1.54. The van der Waals surface area contributed by atoms with E-state index >= 15 is 0 Å². The maximum absolute atomic E-state index is 12.2. The minimum absolute atomic E-state index is 0.154. The van der Waals surface area contributed by atoms with Gasteiger partial charge in [-0.05, 0) is 42.8 Å². The Hall–Kier alpha value is -2.76. The van der Waals surface area contributed by atoms with Crippen LogP contribution in [0.25, 0.3) is 0 Å². The van der Waals surface area contributed by atoms with E-state index in [0.717, 1.165) is 5.56 Å². The average Bonchev–Trinajstić information content (AvgIpc) is 2.44. The summed E-state index contributed by atoms with van der Waals surface area (Å²) in [5, 5.41) is 9.34. The number of halogens is 1. The lowest BCUT2D eigenvalue weighted by Crippen LogP contribution is -2.10. The van der Waals surface area contributed by atoms with Gasteiger partial charge < -0.3 is 21.3 Å². The van der Waals surface area contributed by atoms with Gasteiger partial charge in [0.25, 0.3) is 0 Å².